The van der Waals surface area contributed by atoms with Gasteiger partial charge in [-0.3, -0.25) is 0 Å². The molecule has 0 amide bonds. The zero-order valence-corrected chi connectivity index (χ0v) is 32.9. The first-order valence-corrected chi connectivity index (χ1v) is 20.6. The van der Waals surface area contributed by atoms with Gasteiger partial charge in [0.25, 0.3) is 0 Å². The zero-order valence-electron chi connectivity index (χ0n) is 32.9. The maximum atomic E-state index is 2.59. The summed E-state index contributed by atoms with van der Waals surface area (Å²) in [7, 11) is 0. The van der Waals surface area contributed by atoms with Gasteiger partial charge in [-0.25, -0.2) is 0 Å². The van der Waals surface area contributed by atoms with E-state index in [1.165, 1.54) is 101 Å². The van der Waals surface area contributed by atoms with Crippen LogP contribution in [0.25, 0.3) is 44.5 Å². The van der Waals surface area contributed by atoms with Crippen molar-refractivity contribution in [2.45, 2.75) is 70.6 Å². The number of rotatable bonds is 5. The van der Waals surface area contributed by atoms with Crippen LogP contribution >= 0.6 is 0 Å². The topological polar surface area (TPSA) is 3.24 Å². The monoisotopic (exact) mass is 721 g/mol. The largest absolute Gasteiger partial charge is 0.310 e. The summed E-state index contributed by atoms with van der Waals surface area (Å²) in [4.78, 5) is 2.56. The lowest BCUT2D eigenvalue weighted by molar-refractivity contribution is 0.658. The van der Waals surface area contributed by atoms with E-state index in [9.17, 15) is 0 Å². The second kappa shape index (κ2) is 12.3. The molecule has 0 saturated carbocycles. The minimum Gasteiger partial charge on any atom is -0.310 e. The molecule has 0 heterocycles. The second-order valence-corrected chi connectivity index (χ2v) is 17.5. The van der Waals surface area contributed by atoms with Crippen molar-refractivity contribution in [3.63, 3.8) is 0 Å². The summed E-state index contributed by atoms with van der Waals surface area (Å²) in [6.45, 7) is 9.72. The van der Waals surface area contributed by atoms with Crippen LogP contribution in [0.15, 0.2) is 157 Å². The maximum absolute atomic E-state index is 2.59. The van der Waals surface area contributed by atoms with Crippen molar-refractivity contribution in [2.75, 3.05) is 4.90 Å². The summed E-state index contributed by atoms with van der Waals surface area (Å²) in [6.07, 6.45) is 17.0. The molecule has 0 fully saturated rings. The van der Waals surface area contributed by atoms with Gasteiger partial charge in [-0.05, 0) is 151 Å². The van der Waals surface area contributed by atoms with E-state index in [1.807, 2.05) is 0 Å². The Balaban J connectivity index is 1.15. The average Bonchev–Trinajstić information content (AvgIpc) is 3.81. The van der Waals surface area contributed by atoms with Crippen molar-refractivity contribution in [3.05, 3.63) is 196 Å². The number of nitrogens with zero attached hydrogens (tertiary/aromatic N) is 1. The van der Waals surface area contributed by atoms with Gasteiger partial charge in [0.2, 0.25) is 0 Å². The van der Waals surface area contributed by atoms with Gasteiger partial charge in [0.05, 0.1) is 5.69 Å². The Morgan fingerprint density at radius 2 is 1.29 bits per heavy atom. The van der Waals surface area contributed by atoms with Crippen LogP contribution in [0.3, 0.4) is 0 Å². The fraction of sp³-hybridized carbons (Fsp3) is 0.200. The number of benzene rings is 6. The van der Waals surface area contributed by atoms with E-state index in [2.05, 4.69) is 184 Å². The van der Waals surface area contributed by atoms with Gasteiger partial charge < -0.3 is 4.90 Å². The van der Waals surface area contributed by atoms with Crippen LogP contribution in [0.2, 0.25) is 0 Å². The third-order valence-corrected chi connectivity index (χ3v) is 13.6. The molecule has 0 unspecified atom stereocenters. The maximum Gasteiger partial charge on any atom is 0.0508 e. The highest BCUT2D eigenvalue weighted by atomic mass is 15.1. The molecule has 1 heteroatoms. The summed E-state index contributed by atoms with van der Waals surface area (Å²) in [5.74, 6) is 0. The zero-order chi connectivity index (χ0) is 37.8. The SMILES string of the molecule is CC1(C)c2ccccc2-c2ccc(N(c3ccc(C4=CC=CCC4)cc3)c3cccc4c3C(C)(C)c3cc5c(c(-c6ccccc6)c3-4)C3=C(C=CCC3)C5)cc21. The number of hydrogen-bond acceptors (Lipinski definition) is 1. The molecule has 0 saturated heterocycles. The standard InChI is InChI=1S/C55H47N/c1-54(2)46-24-14-13-22-43(46)44-31-30-41(34-47(44)54)56(40-28-26-36(27-29-40)35-16-7-5-8-17-35)49-25-15-23-45-52-48(55(3,4)53(45)49)33-39-32-38-20-11-12-21-42(38)50(39)51(52)37-18-9-6-10-19-37/h5-7,9-11,13-16,18-20,22-31,33-34H,8,12,17,21,32H2,1-4H3. The molecule has 5 aliphatic rings. The van der Waals surface area contributed by atoms with Crippen molar-refractivity contribution in [1.29, 1.82) is 0 Å². The van der Waals surface area contributed by atoms with Crippen molar-refractivity contribution >= 4 is 28.2 Å². The first-order valence-electron chi connectivity index (χ1n) is 20.6. The van der Waals surface area contributed by atoms with Gasteiger partial charge in [0.15, 0.2) is 0 Å². The Bertz CT molecular complexity index is 2750. The first-order chi connectivity index (χ1) is 27.3. The third-order valence-electron chi connectivity index (χ3n) is 13.6. The Hall–Kier alpha value is -5.92. The molecule has 0 aliphatic heterocycles. The van der Waals surface area contributed by atoms with Crippen LogP contribution in [-0.4, -0.2) is 0 Å². The number of fused-ring (bicyclic) bond motifs is 8. The van der Waals surface area contributed by atoms with Crippen LogP contribution in [-0.2, 0) is 17.3 Å². The van der Waals surface area contributed by atoms with Crippen molar-refractivity contribution in [1.82, 2.24) is 0 Å². The van der Waals surface area contributed by atoms with Gasteiger partial charge in [-0.2, -0.15) is 0 Å². The van der Waals surface area contributed by atoms with Gasteiger partial charge in [0, 0.05) is 22.2 Å². The molecular weight excluding hydrogens is 675 g/mol. The Morgan fingerprint density at radius 3 is 2.11 bits per heavy atom. The van der Waals surface area contributed by atoms with Crippen LogP contribution in [0.4, 0.5) is 17.1 Å². The van der Waals surface area contributed by atoms with Gasteiger partial charge in [-0.15, -0.1) is 0 Å². The first kappa shape index (κ1) is 33.4. The Kier molecular flexibility index (Phi) is 7.33. The number of allylic oxidation sites excluding steroid dienone is 8. The summed E-state index contributed by atoms with van der Waals surface area (Å²) >= 11 is 0. The van der Waals surface area contributed by atoms with Crippen molar-refractivity contribution < 1.29 is 0 Å². The minimum atomic E-state index is -0.234. The molecule has 1 nitrogen and oxygen atoms in total. The Labute approximate surface area is 332 Å². The number of hydrogen-bond donors (Lipinski definition) is 0. The van der Waals surface area contributed by atoms with Gasteiger partial charge in [-0.1, -0.05) is 149 Å². The summed E-state index contributed by atoms with van der Waals surface area (Å²) in [6, 6.07) is 46.5. The molecule has 56 heavy (non-hydrogen) atoms. The van der Waals surface area contributed by atoms with E-state index in [1.54, 1.807) is 5.57 Å². The molecule has 6 aromatic rings. The summed E-state index contributed by atoms with van der Waals surface area (Å²) < 4.78 is 0. The van der Waals surface area contributed by atoms with Crippen LogP contribution in [0.5, 0.6) is 0 Å². The molecule has 0 aromatic heterocycles. The molecule has 0 atom stereocenters. The number of anilines is 3. The smallest absolute Gasteiger partial charge is 0.0508 e. The highest BCUT2D eigenvalue weighted by molar-refractivity contribution is 6.03. The predicted octanol–water partition coefficient (Wildman–Crippen LogP) is 14.8. The molecule has 6 aromatic carbocycles. The quantitative estimate of drug-likeness (QED) is 0.171. The summed E-state index contributed by atoms with van der Waals surface area (Å²) in [5.41, 5.74) is 25.9. The highest BCUT2D eigenvalue weighted by Crippen LogP contribution is 2.60. The lowest BCUT2D eigenvalue weighted by atomic mass is 9.78. The fourth-order valence-corrected chi connectivity index (χ4v) is 10.9. The van der Waals surface area contributed by atoms with E-state index >= 15 is 0 Å². The molecule has 272 valence electrons. The van der Waals surface area contributed by atoms with E-state index in [0.717, 1.165) is 32.1 Å². The van der Waals surface area contributed by atoms with Crippen molar-refractivity contribution in [3.8, 4) is 33.4 Å². The van der Waals surface area contributed by atoms with E-state index in [-0.39, 0.29) is 10.8 Å². The molecule has 0 bridgehead atoms. The van der Waals surface area contributed by atoms with Crippen LogP contribution in [0.1, 0.15) is 92.3 Å². The van der Waals surface area contributed by atoms with Gasteiger partial charge in [0.1, 0.15) is 0 Å². The van der Waals surface area contributed by atoms with Crippen LogP contribution < -0.4 is 4.90 Å². The lowest BCUT2D eigenvalue weighted by Crippen LogP contribution is -2.21. The molecule has 0 spiro atoms. The average molecular weight is 722 g/mol. The molecule has 5 aliphatic carbocycles. The van der Waals surface area contributed by atoms with E-state index in [4.69, 9.17) is 0 Å². The van der Waals surface area contributed by atoms with Gasteiger partial charge >= 0.3 is 0 Å². The Morgan fingerprint density at radius 1 is 0.536 bits per heavy atom. The van der Waals surface area contributed by atoms with E-state index in [0.29, 0.717) is 0 Å². The normalized spacial score (nSPS) is 17.5. The fourth-order valence-electron chi connectivity index (χ4n) is 10.9. The third kappa shape index (κ3) is 4.80. The highest BCUT2D eigenvalue weighted by Gasteiger charge is 2.43. The molecule has 0 N–H and O–H groups in total. The lowest BCUT2D eigenvalue weighted by Gasteiger charge is -2.33. The minimum absolute atomic E-state index is 0.0976. The molecular formula is C55H47N. The summed E-state index contributed by atoms with van der Waals surface area (Å²) in [5, 5.41) is 0. The predicted molar refractivity (Wildman–Crippen MR) is 237 cm³/mol. The van der Waals surface area contributed by atoms with Crippen molar-refractivity contribution in [2.24, 2.45) is 0 Å². The molecule has 0 radical (unpaired) electrons. The second-order valence-electron chi connectivity index (χ2n) is 17.5. The van der Waals surface area contributed by atoms with Crippen LogP contribution in [0, 0.1) is 0 Å². The molecule has 11 rings (SSSR count). The van der Waals surface area contributed by atoms with E-state index < -0.39 is 0 Å².